The third-order valence-corrected chi connectivity index (χ3v) is 10.2. The van der Waals surface area contributed by atoms with E-state index in [1.165, 1.54) is 16.0 Å². The quantitative estimate of drug-likeness (QED) is 0.503. The first-order chi connectivity index (χ1) is 21.8. The Morgan fingerprint density at radius 1 is 1.26 bits per heavy atom. The largest absolute Gasteiger partial charge is 0.472 e. The maximum absolute atomic E-state index is 15.2. The summed E-state index contributed by atoms with van der Waals surface area (Å²) < 4.78 is 32.2. The summed E-state index contributed by atoms with van der Waals surface area (Å²) in [6.45, 7) is 7.88. The topological polar surface area (TPSA) is 163 Å². The molecule has 46 heavy (non-hydrogen) atoms. The van der Waals surface area contributed by atoms with Crippen LogP contribution >= 0.6 is 0 Å². The highest BCUT2D eigenvalue weighted by molar-refractivity contribution is 6.01. The summed E-state index contributed by atoms with van der Waals surface area (Å²) in [7, 11) is 0. The number of aromatic nitrogens is 1. The van der Waals surface area contributed by atoms with Gasteiger partial charge in [-0.05, 0) is 48.1 Å². The number of pyridine rings is 1. The fourth-order valence-electron chi connectivity index (χ4n) is 7.75. The number of hydrogen-bond acceptors (Lipinski definition) is 9. The van der Waals surface area contributed by atoms with Crippen molar-refractivity contribution in [3.05, 3.63) is 18.3 Å². The van der Waals surface area contributed by atoms with Crippen molar-refractivity contribution in [3.8, 4) is 11.8 Å². The number of rotatable bonds is 4. The molecule has 1 aromatic heterocycles. The summed E-state index contributed by atoms with van der Waals surface area (Å²) in [6, 6.07) is 2.24. The molecule has 1 aliphatic carbocycles. The lowest BCUT2D eigenvalue weighted by molar-refractivity contribution is -0.149. The molecule has 1 saturated carbocycles. The van der Waals surface area contributed by atoms with E-state index < -0.39 is 77.1 Å². The Labute approximate surface area is 267 Å². The fraction of sp³-hybridized carbons (Fsp3) is 0.688. The number of nitriles is 1. The average Bonchev–Trinajstić information content (AvgIpc) is 3.75. The van der Waals surface area contributed by atoms with E-state index in [0.29, 0.717) is 31.6 Å². The first-order valence-corrected chi connectivity index (χ1v) is 16.0. The summed E-state index contributed by atoms with van der Waals surface area (Å²) in [6.07, 6.45) is 0.429. The second kappa shape index (κ2) is 12.0. The van der Waals surface area contributed by atoms with Crippen molar-refractivity contribution in [2.24, 2.45) is 23.2 Å². The monoisotopic (exact) mass is 640 g/mol. The molecule has 4 fully saturated rings. The Kier molecular flexibility index (Phi) is 8.33. The number of nitrogens with one attached hydrogen (secondary N) is 2. The van der Waals surface area contributed by atoms with E-state index in [1.807, 2.05) is 0 Å². The molecule has 5 heterocycles. The van der Waals surface area contributed by atoms with E-state index in [4.69, 9.17) is 14.2 Å². The Morgan fingerprint density at radius 3 is 2.74 bits per heavy atom. The van der Waals surface area contributed by atoms with Crippen LogP contribution in [0.4, 0.5) is 15.0 Å². The van der Waals surface area contributed by atoms with Crippen molar-refractivity contribution in [1.29, 1.82) is 5.26 Å². The van der Waals surface area contributed by atoms with E-state index in [0.717, 1.165) is 0 Å². The minimum Gasteiger partial charge on any atom is -0.472 e. The molecule has 4 amide bonds. The maximum atomic E-state index is 15.2. The van der Waals surface area contributed by atoms with E-state index >= 15 is 4.39 Å². The second-order valence-electron chi connectivity index (χ2n) is 14.3. The van der Waals surface area contributed by atoms with Gasteiger partial charge in [0.2, 0.25) is 17.4 Å². The van der Waals surface area contributed by atoms with Gasteiger partial charge in [-0.15, -0.1) is 0 Å². The van der Waals surface area contributed by atoms with Crippen LogP contribution in [-0.4, -0.2) is 101 Å². The summed E-state index contributed by atoms with van der Waals surface area (Å²) in [5.41, 5.74) is -2.32. The molecule has 248 valence electrons. The van der Waals surface area contributed by atoms with Crippen LogP contribution in [0.3, 0.4) is 0 Å². The smallest absolute Gasteiger partial charge is 0.408 e. The van der Waals surface area contributed by atoms with Gasteiger partial charge in [0.1, 0.15) is 30.4 Å². The van der Waals surface area contributed by atoms with Gasteiger partial charge in [-0.2, -0.15) is 5.26 Å². The molecule has 13 nitrogen and oxygen atoms in total. The van der Waals surface area contributed by atoms with Crippen molar-refractivity contribution in [2.75, 3.05) is 31.6 Å². The van der Waals surface area contributed by atoms with Gasteiger partial charge in [0.05, 0.1) is 25.8 Å². The standard InChI is InChI=1S/C32H41FN6O7/c1-17-21(33)8-7-18-14-38(28(41)25(31(2,3)4)36-30(43)45-20-9-11-44-15-20)24(23(17)18)27(40)39-16-32(12-19(39)13-34)29(42)37-26-22(46-32)6-5-10-35-26/h5-6,10,17-21,23-25H,7-9,11-12,14-16H2,1-4H3,(H,36,43)(H,35,37,42)/t17-,18+,19+,20-,21-,23+,24+,25-,32-/m1/s1. The third kappa shape index (κ3) is 5.63. The van der Waals surface area contributed by atoms with Crippen LogP contribution in [0.25, 0.3) is 0 Å². The Morgan fingerprint density at radius 2 is 2.04 bits per heavy atom. The molecule has 0 aromatic carbocycles. The molecule has 3 saturated heterocycles. The predicted molar refractivity (Wildman–Crippen MR) is 160 cm³/mol. The SMILES string of the molecule is C[C@H]1[C@H]2[C@@H](CC[C@H]1F)CN(C(=O)[C@@H](NC(=O)O[C@@H]1CCOC1)C(C)(C)C)[C@@H]2C(=O)N1C[C@@]2(C[C@H]1C#N)Oc1cccnc1NC2=O. The number of hydrogen-bond donors (Lipinski definition) is 2. The molecule has 0 bridgehead atoms. The molecule has 0 radical (unpaired) electrons. The predicted octanol–water partition coefficient (Wildman–Crippen LogP) is 2.42. The number of nitrogens with zero attached hydrogens (tertiary/aromatic N) is 4. The highest BCUT2D eigenvalue weighted by Gasteiger charge is 2.60. The molecule has 14 heteroatoms. The van der Waals surface area contributed by atoms with Crippen LogP contribution < -0.4 is 15.4 Å². The van der Waals surface area contributed by atoms with Gasteiger partial charge in [0.15, 0.2) is 11.6 Å². The van der Waals surface area contributed by atoms with Gasteiger partial charge in [-0.3, -0.25) is 14.4 Å². The van der Waals surface area contributed by atoms with Gasteiger partial charge in [-0.1, -0.05) is 27.7 Å². The normalized spacial score (nSPS) is 34.2. The molecule has 1 aromatic rings. The number of alkyl carbamates (subject to hydrolysis) is 1. The minimum atomic E-state index is -1.54. The van der Waals surface area contributed by atoms with Gasteiger partial charge < -0.3 is 34.6 Å². The Balaban J connectivity index is 1.30. The Hall–Kier alpha value is -3.99. The van der Waals surface area contributed by atoms with Gasteiger partial charge in [0, 0.05) is 25.6 Å². The van der Waals surface area contributed by atoms with Crippen LogP contribution in [0.15, 0.2) is 18.3 Å². The number of alkyl halides is 1. The van der Waals surface area contributed by atoms with E-state index in [-0.39, 0.29) is 37.9 Å². The fourth-order valence-corrected chi connectivity index (χ4v) is 7.75. The van der Waals surface area contributed by atoms with Crippen molar-refractivity contribution in [3.63, 3.8) is 0 Å². The number of carbonyl (C=O) groups excluding carboxylic acids is 4. The maximum Gasteiger partial charge on any atom is 0.408 e. The van der Waals surface area contributed by atoms with Gasteiger partial charge >= 0.3 is 6.09 Å². The summed E-state index contributed by atoms with van der Waals surface area (Å²) in [5.74, 6) is -2.21. The molecule has 4 aliphatic heterocycles. The summed E-state index contributed by atoms with van der Waals surface area (Å²) >= 11 is 0. The second-order valence-corrected chi connectivity index (χ2v) is 14.3. The molecule has 1 spiro atoms. The van der Waals surface area contributed by atoms with E-state index in [9.17, 15) is 24.4 Å². The molecule has 0 unspecified atom stereocenters. The van der Waals surface area contributed by atoms with Crippen LogP contribution in [-0.2, 0) is 23.9 Å². The number of ether oxygens (including phenoxy) is 3. The number of anilines is 1. The number of fused-ring (bicyclic) bond motifs is 2. The molecular formula is C32H41FN6O7. The lowest BCUT2D eigenvalue weighted by atomic mass is 9.70. The third-order valence-electron chi connectivity index (χ3n) is 10.2. The van der Waals surface area contributed by atoms with Crippen LogP contribution in [0.1, 0.15) is 53.4 Å². The lowest BCUT2D eigenvalue weighted by Crippen LogP contribution is -2.60. The van der Waals surface area contributed by atoms with Crippen LogP contribution in [0, 0.1) is 34.5 Å². The zero-order valence-electron chi connectivity index (χ0n) is 26.5. The van der Waals surface area contributed by atoms with Gasteiger partial charge in [-0.25, -0.2) is 14.2 Å². The van der Waals surface area contributed by atoms with E-state index in [1.54, 1.807) is 39.8 Å². The van der Waals surface area contributed by atoms with Crippen LogP contribution in [0.2, 0.25) is 0 Å². The number of likely N-dealkylation sites (tertiary alicyclic amines) is 2. The first kappa shape index (κ1) is 32.0. The van der Waals surface area contributed by atoms with E-state index in [2.05, 4.69) is 21.7 Å². The highest BCUT2D eigenvalue weighted by atomic mass is 19.1. The lowest BCUT2D eigenvalue weighted by Gasteiger charge is -2.40. The average molecular weight is 641 g/mol. The van der Waals surface area contributed by atoms with Gasteiger partial charge in [0.25, 0.3) is 5.91 Å². The van der Waals surface area contributed by atoms with Crippen molar-refractivity contribution in [2.45, 2.75) is 89.4 Å². The van der Waals surface area contributed by atoms with Crippen molar-refractivity contribution in [1.82, 2.24) is 20.1 Å². The molecule has 5 aliphatic rings. The van der Waals surface area contributed by atoms with Crippen molar-refractivity contribution >= 4 is 29.6 Å². The van der Waals surface area contributed by atoms with Crippen LogP contribution in [0.5, 0.6) is 5.75 Å². The highest BCUT2D eigenvalue weighted by Crippen LogP contribution is 2.47. The number of carbonyl (C=O) groups is 4. The zero-order valence-corrected chi connectivity index (χ0v) is 26.5. The molecule has 9 atom stereocenters. The molecular weight excluding hydrogens is 599 g/mol. The zero-order chi connectivity index (χ0) is 33.0. The molecule has 2 N–H and O–H groups in total. The van der Waals surface area contributed by atoms with Crippen molar-refractivity contribution < 1.29 is 37.8 Å². The Bertz CT molecular complexity index is 1440. The first-order valence-electron chi connectivity index (χ1n) is 16.0. The summed E-state index contributed by atoms with van der Waals surface area (Å²) in [5, 5.41) is 15.6. The molecule has 6 rings (SSSR count). The number of halogens is 1. The minimum absolute atomic E-state index is 0.0889. The summed E-state index contributed by atoms with van der Waals surface area (Å²) in [4.78, 5) is 62.3. The number of amides is 4.